The van der Waals surface area contributed by atoms with Crippen molar-refractivity contribution in [1.82, 2.24) is 9.88 Å². The van der Waals surface area contributed by atoms with E-state index in [9.17, 15) is 4.79 Å². The highest BCUT2D eigenvalue weighted by Gasteiger charge is 2.14. The van der Waals surface area contributed by atoms with Crippen LogP contribution in [0.1, 0.15) is 42.4 Å². The van der Waals surface area contributed by atoms with Gasteiger partial charge in [-0.25, -0.2) is 0 Å². The fourth-order valence-corrected chi connectivity index (χ4v) is 2.64. The maximum atomic E-state index is 12.4. The first kappa shape index (κ1) is 17.0. The standard InChI is InChI=1S/C19H25N3O/c1-5-15-10-8-9-14(4)18(15)21-16-11-12-20-17(13-16)19(23)22(6-2)7-3/h8-13H,5-7H2,1-4H3,(H,20,21). The number of nitrogens with zero attached hydrogens (tertiary/aromatic N) is 2. The van der Waals surface area contributed by atoms with Crippen LogP contribution < -0.4 is 5.32 Å². The van der Waals surface area contributed by atoms with Crippen molar-refractivity contribution in [2.75, 3.05) is 18.4 Å². The summed E-state index contributed by atoms with van der Waals surface area (Å²) in [5.74, 6) is -0.0286. The molecule has 0 fully saturated rings. The van der Waals surface area contributed by atoms with Crippen LogP contribution in [0.25, 0.3) is 0 Å². The van der Waals surface area contributed by atoms with Gasteiger partial charge in [0, 0.05) is 30.7 Å². The molecule has 0 saturated heterocycles. The zero-order chi connectivity index (χ0) is 16.8. The molecule has 0 unspecified atom stereocenters. The number of amides is 1. The van der Waals surface area contributed by atoms with Gasteiger partial charge in [-0.3, -0.25) is 9.78 Å². The molecule has 4 heteroatoms. The summed E-state index contributed by atoms with van der Waals surface area (Å²) < 4.78 is 0. The minimum Gasteiger partial charge on any atom is -0.355 e. The molecule has 23 heavy (non-hydrogen) atoms. The minimum atomic E-state index is -0.0286. The molecule has 122 valence electrons. The van der Waals surface area contributed by atoms with Crippen molar-refractivity contribution in [3.05, 3.63) is 53.3 Å². The molecule has 0 spiro atoms. The first-order valence-electron chi connectivity index (χ1n) is 8.21. The molecule has 1 aromatic carbocycles. The molecule has 2 rings (SSSR count). The Labute approximate surface area is 138 Å². The van der Waals surface area contributed by atoms with E-state index in [-0.39, 0.29) is 5.91 Å². The number of anilines is 2. The van der Waals surface area contributed by atoms with Crippen LogP contribution in [0.3, 0.4) is 0 Å². The zero-order valence-electron chi connectivity index (χ0n) is 14.4. The van der Waals surface area contributed by atoms with Crippen LogP contribution in [-0.4, -0.2) is 28.9 Å². The summed E-state index contributed by atoms with van der Waals surface area (Å²) in [4.78, 5) is 18.4. The Morgan fingerprint density at radius 3 is 2.57 bits per heavy atom. The first-order chi connectivity index (χ1) is 11.1. The summed E-state index contributed by atoms with van der Waals surface area (Å²) in [5.41, 5.74) is 4.93. The van der Waals surface area contributed by atoms with Crippen LogP contribution >= 0.6 is 0 Å². The predicted molar refractivity (Wildman–Crippen MR) is 95.3 cm³/mol. The van der Waals surface area contributed by atoms with Gasteiger partial charge in [-0.1, -0.05) is 25.1 Å². The highest BCUT2D eigenvalue weighted by Crippen LogP contribution is 2.25. The third kappa shape index (κ3) is 3.89. The van der Waals surface area contributed by atoms with E-state index >= 15 is 0 Å². The van der Waals surface area contributed by atoms with Gasteiger partial charge in [-0.05, 0) is 50.5 Å². The number of hydrogen-bond donors (Lipinski definition) is 1. The van der Waals surface area contributed by atoms with Gasteiger partial charge >= 0.3 is 0 Å². The number of aryl methyl sites for hydroxylation is 2. The van der Waals surface area contributed by atoms with Gasteiger partial charge in [-0.15, -0.1) is 0 Å². The van der Waals surface area contributed by atoms with Crippen molar-refractivity contribution in [3.63, 3.8) is 0 Å². The molecule has 0 bridgehead atoms. The second kappa shape index (κ2) is 7.77. The Bertz CT molecular complexity index is 678. The topological polar surface area (TPSA) is 45.2 Å². The summed E-state index contributed by atoms with van der Waals surface area (Å²) in [6.07, 6.45) is 2.64. The number of carbonyl (C=O) groups excluding carboxylic acids is 1. The van der Waals surface area contributed by atoms with Crippen molar-refractivity contribution >= 4 is 17.3 Å². The van der Waals surface area contributed by atoms with Gasteiger partial charge in [0.2, 0.25) is 0 Å². The molecular formula is C19H25N3O. The third-order valence-electron chi connectivity index (χ3n) is 4.04. The lowest BCUT2D eigenvalue weighted by molar-refractivity contribution is 0.0767. The molecule has 1 heterocycles. The second-order valence-electron chi connectivity index (χ2n) is 5.49. The average molecular weight is 311 g/mol. The fraction of sp³-hybridized carbons (Fsp3) is 0.368. The van der Waals surface area contributed by atoms with Gasteiger partial charge < -0.3 is 10.2 Å². The van der Waals surface area contributed by atoms with Crippen molar-refractivity contribution in [3.8, 4) is 0 Å². The molecule has 0 aliphatic carbocycles. The van der Waals surface area contributed by atoms with Crippen LogP contribution in [0.4, 0.5) is 11.4 Å². The van der Waals surface area contributed by atoms with Gasteiger partial charge in [-0.2, -0.15) is 0 Å². The minimum absolute atomic E-state index is 0.0286. The molecule has 0 atom stereocenters. The molecule has 0 aliphatic heterocycles. The maximum absolute atomic E-state index is 12.4. The highest BCUT2D eigenvalue weighted by molar-refractivity contribution is 5.93. The molecule has 0 saturated carbocycles. The van der Waals surface area contributed by atoms with Crippen LogP contribution in [-0.2, 0) is 6.42 Å². The lowest BCUT2D eigenvalue weighted by Gasteiger charge is -2.19. The Hall–Kier alpha value is -2.36. The van der Waals surface area contributed by atoms with E-state index in [0.717, 1.165) is 17.8 Å². The number of benzene rings is 1. The number of para-hydroxylation sites is 1. The summed E-state index contributed by atoms with van der Waals surface area (Å²) in [5, 5.41) is 3.45. The number of rotatable bonds is 6. The summed E-state index contributed by atoms with van der Waals surface area (Å²) >= 11 is 0. The summed E-state index contributed by atoms with van der Waals surface area (Å²) in [6, 6.07) is 10.0. The van der Waals surface area contributed by atoms with Gasteiger partial charge in [0.25, 0.3) is 5.91 Å². The van der Waals surface area contributed by atoms with Gasteiger partial charge in [0.05, 0.1) is 0 Å². The van der Waals surface area contributed by atoms with E-state index < -0.39 is 0 Å². The van der Waals surface area contributed by atoms with Crippen molar-refractivity contribution in [1.29, 1.82) is 0 Å². The fourth-order valence-electron chi connectivity index (χ4n) is 2.64. The maximum Gasteiger partial charge on any atom is 0.272 e. The van der Waals surface area contributed by atoms with Crippen LogP contribution in [0, 0.1) is 6.92 Å². The van der Waals surface area contributed by atoms with Crippen molar-refractivity contribution in [2.24, 2.45) is 0 Å². The van der Waals surface area contributed by atoms with Gasteiger partial charge in [0.1, 0.15) is 5.69 Å². The van der Waals surface area contributed by atoms with E-state index in [2.05, 4.69) is 42.3 Å². The lowest BCUT2D eigenvalue weighted by atomic mass is 10.1. The molecular weight excluding hydrogens is 286 g/mol. The molecule has 1 amide bonds. The molecule has 0 radical (unpaired) electrons. The second-order valence-corrected chi connectivity index (χ2v) is 5.49. The van der Waals surface area contributed by atoms with E-state index in [1.807, 2.05) is 26.0 Å². The number of carbonyl (C=O) groups is 1. The SMILES string of the molecule is CCc1cccc(C)c1Nc1ccnc(C(=O)N(CC)CC)c1. The molecule has 2 aromatic rings. The smallest absolute Gasteiger partial charge is 0.272 e. The predicted octanol–water partition coefficient (Wildman–Crippen LogP) is 4.18. The zero-order valence-corrected chi connectivity index (χ0v) is 14.4. The number of hydrogen-bond acceptors (Lipinski definition) is 3. The van der Waals surface area contributed by atoms with Crippen LogP contribution in [0.15, 0.2) is 36.5 Å². The summed E-state index contributed by atoms with van der Waals surface area (Å²) in [6.45, 7) is 9.56. The average Bonchev–Trinajstić information content (AvgIpc) is 2.58. The highest BCUT2D eigenvalue weighted by atomic mass is 16.2. The molecule has 4 nitrogen and oxygen atoms in total. The monoisotopic (exact) mass is 311 g/mol. The largest absolute Gasteiger partial charge is 0.355 e. The number of pyridine rings is 1. The van der Waals surface area contributed by atoms with E-state index in [1.165, 1.54) is 11.1 Å². The molecule has 1 aromatic heterocycles. The molecule has 1 N–H and O–H groups in total. The number of nitrogens with one attached hydrogen (secondary N) is 1. The van der Waals surface area contributed by atoms with Gasteiger partial charge in [0.15, 0.2) is 0 Å². The first-order valence-corrected chi connectivity index (χ1v) is 8.21. The molecule has 0 aliphatic rings. The van der Waals surface area contributed by atoms with Crippen molar-refractivity contribution in [2.45, 2.75) is 34.1 Å². The van der Waals surface area contributed by atoms with Crippen LogP contribution in [0.5, 0.6) is 0 Å². The van der Waals surface area contributed by atoms with E-state index in [0.29, 0.717) is 18.8 Å². The Kier molecular flexibility index (Phi) is 5.74. The normalized spacial score (nSPS) is 10.4. The van der Waals surface area contributed by atoms with Crippen LogP contribution in [0.2, 0.25) is 0 Å². The van der Waals surface area contributed by atoms with E-state index in [1.54, 1.807) is 11.1 Å². The quantitative estimate of drug-likeness (QED) is 0.870. The summed E-state index contributed by atoms with van der Waals surface area (Å²) in [7, 11) is 0. The Morgan fingerprint density at radius 2 is 1.91 bits per heavy atom. The Balaban J connectivity index is 2.29. The Morgan fingerprint density at radius 1 is 1.17 bits per heavy atom. The van der Waals surface area contributed by atoms with Crippen molar-refractivity contribution < 1.29 is 4.79 Å². The lowest BCUT2D eigenvalue weighted by Crippen LogP contribution is -2.31. The third-order valence-corrected chi connectivity index (χ3v) is 4.04. The van der Waals surface area contributed by atoms with E-state index in [4.69, 9.17) is 0 Å². The number of aromatic nitrogens is 1.